The van der Waals surface area contributed by atoms with Crippen molar-refractivity contribution in [2.24, 2.45) is 0 Å². The number of anilines is 1. The fraction of sp³-hybridized carbons (Fsp3) is 0.217. The number of hydrogen-bond donors (Lipinski definition) is 6. The van der Waals surface area contributed by atoms with Crippen LogP contribution in [0.15, 0.2) is 54.2 Å². The topological polar surface area (TPSA) is 204 Å². The van der Waals surface area contributed by atoms with Gasteiger partial charge in [-0.15, -0.1) is 11.3 Å². The molecule has 3 rings (SSSR count). The maximum absolute atomic E-state index is 12.4. The van der Waals surface area contributed by atoms with Gasteiger partial charge in [-0.1, -0.05) is 12.1 Å². The van der Waals surface area contributed by atoms with Crippen LogP contribution in [0.2, 0.25) is 0 Å². The molecule has 0 aliphatic carbocycles. The van der Waals surface area contributed by atoms with E-state index in [0.29, 0.717) is 11.4 Å². The van der Waals surface area contributed by atoms with Crippen molar-refractivity contribution in [3.8, 4) is 0 Å². The number of aromatic nitrogens is 3. The Labute approximate surface area is 220 Å². The molecule has 5 amide bonds. The maximum atomic E-state index is 12.4. The van der Waals surface area contributed by atoms with Gasteiger partial charge in [-0.2, -0.15) is 0 Å². The standard InChI is InChI=1S/C23H24N8O6S/c32-18(29-16(9-19(33)34)20(35)26-10-14-5-1-3-7-24-14)12-27-21(36)17-13-38-23(30-17)31-22(37)28-11-15-6-2-4-8-25-15/h1-8,13,16H,9-12H2,(H,26,35)(H,27,36)(H,29,32)(H,33,34)(H2,28,30,31,37)/t16-/m0/s1. The molecule has 3 heterocycles. The van der Waals surface area contributed by atoms with E-state index in [4.69, 9.17) is 5.11 Å². The SMILES string of the molecule is O=C(O)C[C@H](NC(=O)CNC(=O)c1csc(NC(=O)NCc2ccccn2)n1)C(=O)NCc1ccccn1. The van der Waals surface area contributed by atoms with Gasteiger partial charge in [-0.3, -0.25) is 34.5 Å². The third kappa shape index (κ3) is 9.27. The molecule has 0 aromatic carbocycles. The Bertz CT molecular complexity index is 1270. The van der Waals surface area contributed by atoms with Gasteiger partial charge in [0.1, 0.15) is 11.7 Å². The minimum absolute atomic E-state index is 0.0435. The third-order valence-corrected chi connectivity index (χ3v) is 5.48. The van der Waals surface area contributed by atoms with Crippen LogP contribution in [-0.2, 0) is 27.5 Å². The van der Waals surface area contributed by atoms with E-state index in [1.54, 1.807) is 48.8 Å². The molecule has 6 N–H and O–H groups in total. The summed E-state index contributed by atoms with van der Waals surface area (Å²) in [5, 5.41) is 22.9. The lowest BCUT2D eigenvalue weighted by Gasteiger charge is -2.17. The number of thiazole rings is 1. The number of amides is 5. The highest BCUT2D eigenvalue weighted by molar-refractivity contribution is 7.14. The molecule has 0 spiro atoms. The second kappa shape index (κ2) is 14.0. The van der Waals surface area contributed by atoms with Crippen LogP contribution in [-0.4, -0.2) is 62.4 Å². The molecule has 0 radical (unpaired) electrons. The Kier molecular flexibility index (Phi) is 10.2. The fourth-order valence-corrected chi connectivity index (χ4v) is 3.62. The molecule has 3 aromatic heterocycles. The van der Waals surface area contributed by atoms with E-state index in [0.717, 1.165) is 11.3 Å². The van der Waals surface area contributed by atoms with Crippen LogP contribution >= 0.6 is 11.3 Å². The van der Waals surface area contributed by atoms with Crippen molar-refractivity contribution >= 4 is 46.2 Å². The van der Waals surface area contributed by atoms with Crippen molar-refractivity contribution in [1.82, 2.24) is 36.2 Å². The molecule has 198 valence electrons. The lowest BCUT2D eigenvalue weighted by atomic mass is 10.2. The van der Waals surface area contributed by atoms with Crippen LogP contribution in [0.5, 0.6) is 0 Å². The molecular formula is C23H24N8O6S. The number of carboxylic acid groups (broad SMARTS) is 1. The highest BCUT2D eigenvalue weighted by atomic mass is 32.1. The van der Waals surface area contributed by atoms with Gasteiger partial charge in [0.25, 0.3) is 5.91 Å². The maximum Gasteiger partial charge on any atom is 0.321 e. The van der Waals surface area contributed by atoms with Crippen LogP contribution in [0, 0.1) is 0 Å². The Balaban J connectivity index is 1.44. The molecule has 1 atom stereocenters. The van der Waals surface area contributed by atoms with E-state index in [9.17, 15) is 24.0 Å². The van der Waals surface area contributed by atoms with Crippen LogP contribution in [0.1, 0.15) is 28.3 Å². The molecule has 0 saturated heterocycles. The van der Waals surface area contributed by atoms with E-state index in [-0.39, 0.29) is 23.9 Å². The van der Waals surface area contributed by atoms with E-state index >= 15 is 0 Å². The number of nitrogens with zero attached hydrogens (tertiary/aromatic N) is 3. The number of carbonyl (C=O) groups is 5. The Morgan fingerprint density at radius 3 is 2.16 bits per heavy atom. The summed E-state index contributed by atoms with van der Waals surface area (Å²) in [6, 6.07) is 8.51. The Morgan fingerprint density at radius 1 is 0.895 bits per heavy atom. The van der Waals surface area contributed by atoms with Crippen LogP contribution in [0.4, 0.5) is 9.93 Å². The molecule has 38 heavy (non-hydrogen) atoms. The minimum atomic E-state index is -1.36. The number of pyridine rings is 2. The molecule has 14 nitrogen and oxygen atoms in total. The van der Waals surface area contributed by atoms with E-state index in [1.165, 1.54) is 5.38 Å². The largest absolute Gasteiger partial charge is 0.481 e. The van der Waals surface area contributed by atoms with Gasteiger partial charge in [-0.05, 0) is 24.3 Å². The molecule has 0 fully saturated rings. The molecular weight excluding hydrogens is 516 g/mol. The van der Waals surface area contributed by atoms with Gasteiger partial charge < -0.3 is 26.4 Å². The highest BCUT2D eigenvalue weighted by Crippen LogP contribution is 2.15. The fourth-order valence-electron chi connectivity index (χ4n) is 2.93. The summed E-state index contributed by atoms with van der Waals surface area (Å²) < 4.78 is 0. The zero-order valence-electron chi connectivity index (χ0n) is 19.8. The summed E-state index contributed by atoms with van der Waals surface area (Å²) in [5.41, 5.74) is 1.17. The van der Waals surface area contributed by atoms with Gasteiger partial charge in [0.15, 0.2) is 5.13 Å². The first-order valence-corrected chi connectivity index (χ1v) is 12.1. The zero-order chi connectivity index (χ0) is 27.3. The van der Waals surface area contributed by atoms with Gasteiger partial charge >= 0.3 is 12.0 Å². The Morgan fingerprint density at radius 2 is 1.55 bits per heavy atom. The summed E-state index contributed by atoms with van der Waals surface area (Å²) >= 11 is 1.00. The van der Waals surface area contributed by atoms with E-state index < -0.39 is 48.7 Å². The quantitative estimate of drug-likeness (QED) is 0.186. The summed E-state index contributed by atoms with van der Waals surface area (Å²) in [7, 11) is 0. The first-order chi connectivity index (χ1) is 18.3. The summed E-state index contributed by atoms with van der Waals surface area (Å²) in [6.07, 6.45) is 2.49. The van der Waals surface area contributed by atoms with Crippen molar-refractivity contribution in [3.05, 3.63) is 71.3 Å². The number of nitrogens with one attached hydrogen (secondary N) is 5. The molecule has 3 aromatic rings. The lowest BCUT2D eigenvalue weighted by molar-refractivity contribution is -0.140. The van der Waals surface area contributed by atoms with Crippen LogP contribution in [0.3, 0.4) is 0 Å². The smallest absolute Gasteiger partial charge is 0.321 e. The number of carboxylic acids is 1. The van der Waals surface area contributed by atoms with Crippen molar-refractivity contribution in [1.29, 1.82) is 0 Å². The predicted octanol–water partition coefficient (Wildman–Crippen LogP) is 0.261. The average molecular weight is 541 g/mol. The first kappa shape index (κ1) is 27.7. The minimum Gasteiger partial charge on any atom is -0.481 e. The van der Waals surface area contributed by atoms with Crippen molar-refractivity contribution in [2.75, 3.05) is 11.9 Å². The molecule has 0 unspecified atom stereocenters. The monoisotopic (exact) mass is 540 g/mol. The molecule has 0 saturated carbocycles. The van der Waals surface area contributed by atoms with E-state index in [2.05, 4.69) is 41.5 Å². The number of rotatable bonds is 12. The summed E-state index contributed by atoms with van der Waals surface area (Å²) in [6.45, 7) is -0.290. The van der Waals surface area contributed by atoms with Gasteiger partial charge in [0, 0.05) is 17.8 Å². The third-order valence-electron chi connectivity index (χ3n) is 4.72. The molecule has 15 heteroatoms. The molecule has 0 bridgehead atoms. The second-order valence-electron chi connectivity index (χ2n) is 7.61. The molecule has 0 aliphatic rings. The first-order valence-electron chi connectivity index (χ1n) is 11.2. The van der Waals surface area contributed by atoms with E-state index in [1.807, 2.05) is 0 Å². The zero-order valence-corrected chi connectivity index (χ0v) is 20.7. The normalized spacial score (nSPS) is 11.1. The van der Waals surface area contributed by atoms with Crippen LogP contribution in [0.25, 0.3) is 0 Å². The number of aliphatic carboxylic acids is 1. The average Bonchev–Trinajstić information content (AvgIpc) is 3.38. The Hall–Kier alpha value is -4.92. The van der Waals surface area contributed by atoms with Crippen molar-refractivity contribution < 1.29 is 29.1 Å². The van der Waals surface area contributed by atoms with Gasteiger partial charge in [-0.25, -0.2) is 9.78 Å². The van der Waals surface area contributed by atoms with Gasteiger partial charge in [0.2, 0.25) is 11.8 Å². The summed E-state index contributed by atoms with van der Waals surface area (Å²) in [5.74, 6) is -3.49. The van der Waals surface area contributed by atoms with Crippen molar-refractivity contribution in [2.45, 2.75) is 25.6 Å². The predicted molar refractivity (Wildman–Crippen MR) is 135 cm³/mol. The van der Waals surface area contributed by atoms with Crippen LogP contribution < -0.4 is 26.6 Å². The second-order valence-corrected chi connectivity index (χ2v) is 8.46. The molecule has 0 aliphatic heterocycles. The number of carbonyl (C=O) groups excluding carboxylic acids is 4. The number of hydrogen-bond acceptors (Lipinski definition) is 9. The highest BCUT2D eigenvalue weighted by Gasteiger charge is 2.24. The summed E-state index contributed by atoms with van der Waals surface area (Å²) in [4.78, 5) is 72.4. The van der Waals surface area contributed by atoms with Gasteiger partial charge in [0.05, 0.1) is 37.4 Å². The lowest BCUT2D eigenvalue weighted by Crippen LogP contribution is -2.50. The van der Waals surface area contributed by atoms with Crippen molar-refractivity contribution in [3.63, 3.8) is 0 Å². The number of urea groups is 1.